The van der Waals surface area contributed by atoms with Crippen molar-refractivity contribution in [1.29, 1.82) is 0 Å². The molecule has 2 atom stereocenters. The molecule has 1 saturated carbocycles. The minimum absolute atomic E-state index is 0.0280. The number of fused-ring (bicyclic) bond motifs is 2. The molecular weight excluding hydrogens is 290 g/mol. The van der Waals surface area contributed by atoms with Crippen LogP contribution < -0.4 is 10.2 Å². The Kier molecular flexibility index (Phi) is 2.98. The van der Waals surface area contributed by atoms with Crippen molar-refractivity contribution >= 4 is 17.5 Å². The first kappa shape index (κ1) is 13.9. The number of nitrogens with one attached hydrogen (secondary N) is 1. The molecule has 5 heteroatoms. The normalized spacial score (nSPS) is 24.7. The highest BCUT2D eigenvalue weighted by atomic mass is 16.2. The molecule has 2 heterocycles. The Bertz CT molecular complexity index is 790. The number of para-hydroxylation sites is 1. The van der Waals surface area contributed by atoms with Gasteiger partial charge in [0.15, 0.2) is 0 Å². The second-order valence-electron chi connectivity index (χ2n) is 6.19. The van der Waals surface area contributed by atoms with Crippen LogP contribution in [0.1, 0.15) is 17.5 Å². The largest absolute Gasteiger partial charge is 0.352 e. The summed E-state index contributed by atoms with van der Waals surface area (Å²) in [7, 11) is 1.78. The third-order valence-corrected chi connectivity index (χ3v) is 4.90. The van der Waals surface area contributed by atoms with Crippen LogP contribution in [0.15, 0.2) is 48.8 Å². The molecule has 2 amide bonds. The fourth-order valence-corrected chi connectivity index (χ4v) is 3.60. The summed E-state index contributed by atoms with van der Waals surface area (Å²) in [6.07, 6.45) is 4.02. The summed E-state index contributed by atoms with van der Waals surface area (Å²) < 4.78 is 0. The molecule has 1 fully saturated rings. The van der Waals surface area contributed by atoms with Crippen molar-refractivity contribution in [2.45, 2.75) is 18.4 Å². The van der Waals surface area contributed by atoms with Gasteiger partial charge < -0.3 is 10.2 Å². The van der Waals surface area contributed by atoms with Gasteiger partial charge in [-0.25, -0.2) is 0 Å². The van der Waals surface area contributed by atoms with Gasteiger partial charge in [0.1, 0.15) is 0 Å². The molecule has 4 rings (SSSR count). The maximum Gasteiger partial charge on any atom is 0.238 e. The molecule has 1 aliphatic heterocycles. The van der Waals surface area contributed by atoms with E-state index in [1.54, 1.807) is 24.3 Å². The van der Waals surface area contributed by atoms with E-state index in [-0.39, 0.29) is 17.7 Å². The number of hydrogen-bond donors (Lipinski definition) is 1. The summed E-state index contributed by atoms with van der Waals surface area (Å²) in [6, 6.07) is 11.5. The lowest BCUT2D eigenvalue weighted by Crippen LogP contribution is -2.34. The highest BCUT2D eigenvalue weighted by Crippen LogP contribution is 2.61. The third-order valence-electron chi connectivity index (χ3n) is 4.90. The van der Waals surface area contributed by atoms with Crippen molar-refractivity contribution in [3.63, 3.8) is 0 Å². The van der Waals surface area contributed by atoms with E-state index in [0.717, 1.165) is 16.8 Å². The quantitative estimate of drug-likeness (QED) is 0.937. The van der Waals surface area contributed by atoms with Crippen LogP contribution in [0.5, 0.6) is 0 Å². The maximum absolute atomic E-state index is 12.7. The first-order valence-electron chi connectivity index (χ1n) is 7.69. The summed E-state index contributed by atoms with van der Waals surface area (Å²) in [5.74, 6) is -0.315. The van der Waals surface area contributed by atoms with E-state index in [9.17, 15) is 9.59 Å². The molecule has 0 saturated heterocycles. The first-order chi connectivity index (χ1) is 11.1. The van der Waals surface area contributed by atoms with E-state index >= 15 is 0 Å². The Hall–Kier alpha value is -2.69. The number of anilines is 1. The smallest absolute Gasteiger partial charge is 0.238 e. The van der Waals surface area contributed by atoms with E-state index in [2.05, 4.69) is 10.3 Å². The highest BCUT2D eigenvalue weighted by molar-refractivity contribution is 6.13. The minimum atomic E-state index is -0.648. The average Bonchev–Trinajstić information content (AvgIpc) is 3.32. The van der Waals surface area contributed by atoms with Gasteiger partial charge >= 0.3 is 0 Å². The maximum atomic E-state index is 12.7. The molecule has 0 bridgehead atoms. The van der Waals surface area contributed by atoms with Gasteiger partial charge in [-0.3, -0.25) is 14.6 Å². The van der Waals surface area contributed by atoms with Crippen molar-refractivity contribution in [2.24, 2.45) is 5.92 Å². The van der Waals surface area contributed by atoms with Crippen LogP contribution in [-0.4, -0.2) is 23.8 Å². The molecule has 1 spiro atoms. The molecule has 1 aliphatic carbocycles. The van der Waals surface area contributed by atoms with E-state index in [4.69, 9.17) is 0 Å². The van der Waals surface area contributed by atoms with E-state index in [0.29, 0.717) is 13.0 Å². The van der Waals surface area contributed by atoms with Crippen LogP contribution in [0.2, 0.25) is 0 Å². The van der Waals surface area contributed by atoms with Gasteiger partial charge in [-0.2, -0.15) is 0 Å². The molecule has 2 aliphatic rings. The van der Waals surface area contributed by atoms with E-state index in [1.165, 1.54) is 0 Å². The zero-order valence-corrected chi connectivity index (χ0v) is 12.8. The Labute approximate surface area is 134 Å². The van der Waals surface area contributed by atoms with Crippen LogP contribution in [-0.2, 0) is 21.5 Å². The zero-order chi connectivity index (χ0) is 16.0. The van der Waals surface area contributed by atoms with Gasteiger partial charge in [-0.1, -0.05) is 24.3 Å². The van der Waals surface area contributed by atoms with Crippen LogP contribution in [0, 0.1) is 5.92 Å². The molecule has 0 unspecified atom stereocenters. The number of aromatic nitrogens is 1. The number of carbonyl (C=O) groups excluding carboxylic acids is 2. The molecule has 1 aromatic heterocycles. The molecule has 5 nitrogen and oxygen atoms in total. The SMILES string of the molecule is CN1C(=O)[C@]2(C[C@@H]2C(=O)NCc2cccnc2)c2ccccc21. The van der Waals surface area contributed by atoms with Gasteiger partial charge in [0, 0.05) is 31.7 Å². The number of benzene rings is 1. The Balaban J connectivity index is 1.53. The Morgan fingerprint density at radius 3 is 2.96 bits per heavy atom. The van der Waals surface area contributed by atoms with Crippen molar-refractivity contribution in [2.75, 3.05) is 11.9 Å². The molecular formula is C18H17N3O2. The number of carbonyl (C=O) groups is 2. The zero-order valence-electron chi connectivity index (χ0n) is 12.8. The number of rotatable bonds is 3. The summed E-state index contributed by atoms with van der Waals surface area (Å²) in [6.45, 7) is 0.435. The summed E-state index contributed by atoms with van der Waals surface area (Å²) in [4.78, 5) is 30.9. The second-order valence-corrected chi connectivity index (χ2v) is 6.19. The van der Waals surface area contributed by atoms with Gasteiger partial charge in [0.05, 0.1) is 11.3 Å². The fourth-order valence-electron chi connectivity index (χ4n) is 3.60. The molecule has 0 radical (unpaired) electrons. The topological polar surface area (TPSA) is 62.3 Å². The predicted molar refractivity (Wildman–Crippen MR) is 85.7 cm³/mol. The predicted octanol–water partition coefficient (Wildman–Crippen LogP) is 1.63. The second kappa shape index (κ2) is 4.91. The van der Waals surface area contributed by atoms with E-state index < -0.39 is 5.41 Å². The number of amides is 2. The number of hydrogen-bond acceptors (Lipinski definition) is 3. The fraction of sp³-hybridized carbons (Fsp3) is 0.278. The standard InChI is InChI=1S/C18H17N3O2/c1-21-15-7-3-2-6-13(15)18(17(21)23)9-14(18)16(22)20-11-12-5-4-8-19-10-12/h2-8,10,14H,9,11H2,1H3,(H,20,22)/t14-,18-/m1/s1. The lowest BCUT2D eigenvalue weighted by molar-refractivity contribution is -0.126. The molecule has 1 aromatic carbocycles. The number of pyridine rings is 1. The van der Waals surface area contributed by atoms with Crippen LogP contribution in [0.4, 0.5) is 5.69 Å². The Morgan fingerprint density at radius 1 is 1.35 bits per heavy atom. The van der Waals surface area contributed by atoms with Crippen LogP contribution in [0.3, 0.4) is 0 Å². The van der Waals surface area contributed by atoms with Crippen molar-refractivity contribution in [3.05, 3.63) is 59.9 Å². The molecule has 23 heavy (non-hydrogen) atoms. The summed E-state index contributed by atoms with van der Waals surface area (Å²) >= 11 is 0. The van der Waals surface area contributed by atoms with Gasteiger partial charge in [0.25, 0.3) is 0 Å². The number of nitrogens with zero attached hydrogens (tertiary/aromatic N) is 2. The van der Waals surface area contributed by atoms with Crippen molar-refractivity contribution < 1.29 is 9.59 Å². The Morgan fingerprint density at radius 2 is 2.17 bits per heavy atom. The molecule has 1 N–H and O–H groups in total. The first-order valence-corrected chi connectivity index (χ1v) is 7.69. The van der Waals surface area contributed by atoms with E-state index in [1.807, 2.05) is 36.4 Å². The molecule has 116 valence electrons. The minimum Gasteiger partial charge on any atom is -0.352 e. The third kappa shape index (κ3) is 1.96. The van der Waals surface area contributed by atoms with Crippen LogP contribution in [0.25, 0.3) is 0 Å². The van der Waals surface area contributed by atoms with Gasteiger partial charge in [-0.05, 0) is 29.7 Å². The highest BCUT2D eigenvalue weighted by Gasteiger charge is 2.68. The summed E-state index contributed by atoms with van der Waals surface area (Å²) in [5, 5.41) is 2.93. The van der Waals surface area contributed by atoms with Gasteiger partial charge in [0.2, 0.25) is 11.8 Å². The summed E-state index contributed by atoms with van der Waals surface area (Å²) in [5.41, 5.74) is 2.20. The molecule has 2 aromatic rings. The van der Waals surface area contributed by atoms with Crippen molar-refractivity contribution in [1.82, 2.24) is 10.3 Å². The monoisotopic (exact) mass is 307 g/mol. The van der Waals surface area contributed by atoms with Crippen molar-refractivity contribution in [3.8, 4) is 0 Å². The lowest BCUT2D eigenvalue weighted by atomic mass is 9.94. The van der Waals surface area contributed by atoms with Crippen LogP contribution >= 0.6 is 0 Å². The average molecular weight is 307 g/mol. The van der Waals surface area contributed by atoms with Gasteiger partial charge in [-0.15, -0.1) is 0 Å². The lowest BCUT2D eigenvalue weighted by Gasteiger charge is -2.11. The number of likely N-dealkylation sites (N-methyl/N-ethyl adjacent to an activating group) is 1.